The molecule has 0 bridgehead atoms. The summed E-state index contributed by atoms with van der Waals surface area (Å²) in [6, 6.07) is 1.81. The van der Waals surface area contributed by atoms with Crippen LogP contribution in [0.5, 0.6) is 0 Å². The molecule has 0 saturated heterocycles. The number of rotatable bonds is 0. The van der Waals surface area contributed by atoms with Gasteiger partial charge in [-0.3, -0.25) is 4.79 Å². The van der Waals surface area contributed by atoms with Gasteiger partial charge >= 0.3 is 0 Å². The van der Waals surface area contributed by atoms with Crippen LogP contribution in [-0.2, 0) is 7.05 Å². The number of aromatic nitrogens is 2. The highest BCUT2D eigenvalue weighted by molar-refractivity contribution is 5.80. The number of hydrogen-bond acceptors (Lipinski definition) is 1. The molecule has 0 radical (unpaired) electrons. The summed E-state index contributed by atoms with van der Waals surface area (Å²) < 4.78 is 1.60. The highest BCUT2D eigenvalue weighted by Gasteiger charge is 2.03. The maximum Gasteiger partial charge on any atom is 0.259 e. The van der Waals surface area contributed by atoms with Crippen LogP contribution in [0.4, 0.5) is 0 Å². The van der Waals surface area contributed by atoms with Gasteiger partial charge in [-0.15, -0.1) is 0 Å². The third-order valence-corrected chi connectivity index (χ3v) is 2.08. The normalized spacial score (nSPS) is 10.8. The summed E-state index contributed by atoms with van der Waals surface area (Å²) in [7, 11) is 1.77. The average molecular weight is 162 g/mol. The average Bonchev–Trinajstić information content (AvgIpc) is 2.48. The topological polar surface area (TPSA) is 37.8 Å². The third kappa shape index (κ3) is 0.794. The first kappa shape index (κ1) is 7.16. The van der Waals surface area contributed by atoms with Gasteiger partial charge < -0.3 is 9.55 Å². The van der Waals surface area contributed by atoms with Crippen molar-refractivity contribution in [3.05, 3.63) is 34.4 Å². The maximum atomic E-state index is 11.5. The van der Waals surface area contributed by atoms with Crippen LogP contribution < -0.4 is 5.56 Å². The minimum atomic E-state index is 0.0526. The Morgan fingerprint density at radius 1 is 1.50 bits per heavy atom. The van der Waals surface area contributed by atoms with Crippen molar-refractivity contribution in [2.24, 2.45) is 7.05 Å². The molecule has 0 aliphatic carbocycles. The molecule has 0 aliphatic rings. The molecule has 0 atom stereocenters. The minimum absolute atomic E-state index is 0.0526. The molecule has 12 heavy (non-hydrogen) atoms. The molecule has 0 amide bonds. The smallest absolute Gasteiger partial charge is 0.259 e. The van der Waals surface area contributed by atoms with Gasteiger partial charge in [0.2, 0.25) is 0 Å². The number of nitrogens with one attached hydrogen (secondary N) is 1. The summed E-state index contributed by atoms with van der Waals surface area (Å²) in [6.07, 6.45) is 3.63. The van der Waals surface area contributed by atoms with E-state index in [1.54, 1.807) is 17.8 Å². The molecule has 3 heteroatoms. The van der Waals surface area contributed by atoms with Crippen LogP contribution in [0, 0.1) is 6.92 Å². The summed E-state index contributed by atoms with van der Waals surface area (Å²) in [5, 5.41) is 0.762. The number of pyridine rings is 1. The van der Waals surface area contributed by atoms with E-state index >= 15 is 0 Å². The van der Waals surface area contributed by atoms with Gasteiger partial charge in [0.1, 0.15) is 0 Å². The Morgan fingerprint density at radius 2 is 2.25 bits per heavy atom. The van der Waals surface area contributed by atoms with Crippen molar-refractivity contribution < 1.29 is 0 Å². The van der Waals surface area contributed by atoms with Crippen LogP contribution in [0.25, 0.3) is 10.9 Å². The zero-order chi connectivity index (χ0) is 8.72. The second kappa shape index (κ2) is 2.24. The van der Waals surface area contributed by atoms with Gasteiger partial charge in [-0.05, 0) is 18.6 Å². The third-order valence-electron chi connectivity index (χ3n) is 2.08. The lowest BCUT2D eigenvalue weighted by Crippen LogP contribution is -2.15. The molecule has 1 N–H and O–H groups in total. The van der Waals surface area contributed by atoms with Crippen molar-refractivity contribution >= 4 is 10.9 Å². The predicted octanol–water partition coefficient (Wildman–Crippen LogP) is 1.18. The molecule has 0 spiro atoms. The Hall–Kier alpha value is -1.51. The van der Waals surface area contributed by atoms with E-state index in [0.29, 0.717) is 0 Å². The van der Waals surface area contributed by atoms with Crippen LogP contribution in [0.1, 0.15) is 5.56 Å². The summed E-state index contributed by atoms with van der Waals surface area (Å²) in [5.41, 5.74) is 2.09. The van der Waals surface area contributed by atoms with Crippen molar-refractivity contribution in [2.45, 2.75) is 6.92 Å². The lowest BCUT2D eigenvalue weighted by Gasteiger charge is -2.00. The van der Waals surface area contributed by atoms with E-state index in [1.165, 1.54) is 0 Å². The number of aryl methyl sites for hydroxylation is 2. The fraction of sp³-hybridized carbons (Fsp3) is 0.222. The first-order chi connectivity index (χ1) is 5.70. The minimum Gasteiger partial charge on any atom is -0.361 e. The molecule has 2 rings (SSSR count). The zero-order valence-corrected chi connectivity index (χ0v) is 7.09. The van der Waals surface area contributed by atoms with Gasteiger partial charge in [-0.1, -0.05) is 0 Å². The number of H-pyrrole nitrogens is 1. The van der Waals surface area contributed by atoms with Crippen molar-refractivity contribution in [1.82, 2.24) is 9.55 Å². The fourth-order valence-corrected chi connectivity index (χ4v) is 1.48. The van der Waals surface area contributed by atoms with Crippen LogP contribution in [0.3, 0.4) is 0 Å². The molecule has 2 heterocycles. The summed E-state index contributed by atoms with van der Waals surface area (Å²) in [5.74, 6) is 0. The van der Waals surface area contributed by atoms with E-state index in [4.69, 9.17) is 0 Å². The Morgan fingerprint density at radius 3 is 3.00 bits per heavy atom. The molecule has 0 unspecified atom stereocenters. The molecule has 2 aromatic rings. The number of aromatic amines is 1. The fourth-order valence-electron chi connectivity index (χ4n) is 1.48. The van der Waals surface area contributed by atoms with Crippen molar-refractivity contribution in [1.29, 1.82) is 0 Å². The molecule has 3 nitrogen and oxygen atoms in total. The van der Waals surface area contributed by atoms with Crippen LogP contribution in [0.2, 0.25) is 0 Å². The van der Waals surface area contributed by atoms with E-state index in [1.807, 2.05) is 19.2 Å². The molecule has 0 aromatic carbocycles. The van der Waals surface area contributed by atoms with Gasteiger partial charge in [0.25, 0.3) is 5.56 Å². The number of fused-ring (bicyclic) bond motifs is 1. The van der Waals surface area contributed by atoms with Gasteiger partial charge in [0.05, 0.1) is 10.9 Å². The van der Waals surface area contributed by atoms with Crippen LogP contribution >= 0.6 is 0 Å². The van der Waals surface area contributed by atoms with Gasteiger partial charge in [0.15, 0.2) is 0 Å². The molecule has 2 aromatic heterocycles. The Labute approximate surface area is 69.6 Å². The van der Waals surface area contributed by atoms with Gasteiger partial charge in [0, 0.05) is 19.4 Å². The SMILES string of the molecule is Cc1cn(C)c(=O)c2cc[nH]c12. The monoisotopic (exact) mass is 162 g/mol. The van der Waals surface area contributed by atoms with E-state index in [0.717, 1.165) is 16.5 Å². The first-order valence-electron chi connectivity index (χ1n) is 3.83. The Kier molecular flexibility index (Phi) is 1.33. The largest absolute Gasteiger partial charge is 0.361 e. The summed E-state index contributed by atoms with van der Waals surface area (Å²) in [6.45, 7) is 1.98. The molecule has 0 aliphatic heterocycles. The highest BCUT2D eigenvalue weighted by Crippen LogP contribution is 2.10. The second-order valence-electron chi connectivity index (χ2n) is 2.99. The standard InChI is InChI=1S/C9H10N2O/c1-6-5-11(2)9(12)7-3-4-10-8(6)7/h3-5,10H,1-2H3. The first-order valence-corrected chi connectivity index (χ1v) is 3.83. The second-order valence-corrected chi connectivity index (χ2v) is 2.99. The number of nitrogens with zero attached hydrogens (tertiary/aromatic N) is 1. The lowest BCUT2D eigenvalue weighted by molar-refractivity contribution is 0.866. The van der Waals surface area contributed by atoms with E-state index in [-0.39, 0.29) is 5.56 Å². The summed E-state index contributed by atoms with van der Waals surface area (Å²) in [4.78, 5) is 14.5. The van der Waals surface area contributed by atoms with Crippen molar-refractivity contribution in [3.63, 3.8) is 0 Å². The molecule has 62 valence electrons. The van der Waals surface area contributed by atoms with Crippen LogP contribution in [-0.4, -0.2) is 9.55 Å². The van der Waals surface area contributed by atoms with Gasteiger partial charge in [-0.25, -0.2) is 0 Å². The predicted molar refractivity (Wildman–Crippen MR) is 48.3 cm³/mol. The quantitative estimate of drug-likeness (QED) is 0.620. The number of hydrogen-bond donors (Lipinski definition) is 1. The Balaban J connectivity index is 3.07. The van der Waals surface area contributed by atoms with E-state index in [9.17, 15) is 4.79 Å². The molecule has 0 saturated carbocycles. The maximum absolute atomic E-state index is 11.5. The van der Waals surface area contributed by atoms with E-state index < -0.39 is 0 Å². The van der Waals surface area contributed by atoms with Crippen molar-refractivity contribution in [2.75, 3.05) is 0 Å². The van der Waals surface area contributed by atoms with Crippen molar-refractivity contribution in [3.8, 4) is 0 Å². The van der Waals surface area contributed by atoms with Gasteiger partial charge in [-0.2, -0.15) is 0 Å². The lowest BCUT2D eigenvalue weighted by atomic mass is 10.2. The van der Waals surface area contributed by atoms with E-state index in [2.05, 4.69) is 4.98 Å². The molecule has 0 fully saturated rings. The Bertz CT molecular complexity index is 479. The van der Waals surface area contributed by atoms with Crippen LogP contribution in [0.15, 0.2) is 23.3 Å². The highest BCUT2D eigenvalue weighted by atomic mass is 16.1. The molecular formula is C9H10N2O. The zero-order valence-electron chi connectivity index (χ0n) is 7.09. The summed E-state index contributed by atoms with van der Waals surface area (Å²) >= 11 is 0. The molecular weight excluding hydrogens is 152 g/mol.